The number of para-hydroxylation sites is 1. The standard InChI is InChI=1S/C22H30N4OS/c27-22(26-15-13-25(14-16-26)20-4-2-1-3-5-20)7-6-19-8-11-24(12-9-19)18-21-23-10-17-28-21/h1-5,10,17,19H,6-9,11-16,18H2. The van der Waals surface area contributed by atoms with Crippen LogP contribution in [0.25, 0.3) is 0 Å². The number of hydrogen-bond donors (Lipinski definition) is 0. The van der Waals surface area contributed by atoms with Crippen molar-refractivity contribution in [3.8, 4) is 0 Å². The fourth-order valence-electron chi connectivity index (χ4n) is 4.29. The molecule has 2 saturated heterocycles. The molecule has 2 aromatic rings. The van der Waals surface area contributed by atoms with Crippen LogP contribution < -0.4 is 4.90 Å². The zero-order chi connectivity index (χ0) is 19.2. The minimum absolute atomic E-state index is 0.345. The quantitative estimate of drug-likeness (QED) is 0.747. The predicted octanol–water partition coefficient (Wildman–Crippen LogP) is 3.48. The Labute approximate surface area is 172 Å². The van der Waals surface area contributed by atoms with Gasteiger partial charge in [0.05, 0.1) is 6.54 Å². The minimum Gasteiger partial charge on any atom is -0.368 e. The second-order valence-electron chi connectivity index (χ2n) is 7.89. The molecule has 0 aliphatic carbocycles. The van der Waals surface area contributed by atoms with E-state index in [9.17, 15) is 4.79 Å². The van der Waals surface area contributed by atoms with Crippen molar-refractivity contribution in [2.45, 2.75) is 32.2 Å². The van der Waals surface area contributed by atoms with E-state index in [2.05, 4.69) is 43.9 Å². The molecule has 0 atom stereocenters. The van der Waals surface area contributed by atoms with Gasteiger partial charge in [-0.25, -0.2) is 4.98 Å². The number of carbonyl (C=O) groups excluding carboxylic acids is 1. The van der Waals surface area contributed by atoms with Gasteiger partial charge in [0.25, 0.3) is 0 Å². The molecule has 2 fully saturated rings. The van der Waals surface area contributed by atoms with Crippen LogP contribution >= 0.6 is 11.3 Å². The van der Waals surface area contributed by atoms with Crippen LogP contribution in [0, 0.1) is 5.92 Å². The molecular weight excluding hydrogens is 368 g/mol. The molecular formula is C22H30N4OS. The van der Waals surface area contributed by atoms with Crippen molar-refractivity contribution in [1.82, 2.24) is 14.8 Å². The van der Waals surface area contributed by atoms with Crippen LogP contribution in [0.2, 0.25) is 0 Å². The van der Waals surface area contributed by atoms with Crippen molar-refractivity contribution in [3.63, 3.8) is 0 Å². The molecule has 28 heavy (non-hydrogen) atoms. The van der Waals surface area contributed by atoms with Crippen molar-refractivity contribution in [3.05, 3.63) is 46.9 Å². The Morgan fingerprint density at radius 3 is 2.46 bits per heavy atom. The molecule has 1 amide bonds. The third kappa shape index (κ3) is 5.11. The lowest BCUT2D eigenvalue weighted by Crippen LogP contribution is -2.48. The van der Waals surface area contributed by atoms with E-state index in [4.69, 9.17) is 0 Å². The minimum atomic E-state index is 0.345. The Morgan fingerprint density at radius 2 is 1.79 bits per heavy atom. The Bertz CT molecular complexity index is 720. The van der Waals surface area contributed by atoms with Gasteiger partial charge >= 0.3 is 0 Å². The molecule has 0 unspecified atom stereocenters. The van der Waals surface area contributed by atoms with E-state index in [1.165, 1.54) is 23.5 Å². The number of benzene rings is 1. The first-order chi connectivity index (χ1) is 13.8. The molecule has 0 spiro atoms. The third-order valence-electron chi connectivity index (χ3n) is 6.07. The van der Waals surface area contributed by atoms with Gasteiger partial charge in [-0.05, 0) is 50.4 Å². The second kappa shape index (κ2) is 9.52. The molecule has 2 aliphatic rings. The molecule has 1 aromatic carbocycles. The van der Waals surface area contributed by atoms with Crippen molar-refractivity contribution in [2.75, 3.05) is 44.2 Å². The number of rotatable bonds is 6. The average Bonchev–Trinajstić information content (AvgIpc) is 3.27. The third-order valence-corrected chi connectivity index (χ3v) is 6.83. The molecule has 0 N–H and O–H groups in total. The number of piperidine rings is 1. The van der Waals surface area contributed by atoms with Gasteiger partial charge in [-0.2, -0.15) is 0 Å². The first-order valence-electron chi connectivity index (χ1n) is 10.5. The van der Waals surface area contributed by atoms with Crippen LogP contribution in [-0.2, 0) is 11.3 Å². The van der Waals surface area contributed by atoms with E-state index in [0.29, 0.717) is 18.2 Å². The smallest absolute Gasteiger partial charge is 0.222 e. The molecule has 0 saturated carbocycles. The van der Waals surface area contributed by atoms with Crippen molar-refractivity contribution >= 4 is 22.9 Å². The summed E-state index contributed by atoms with van der Waals surface area (Å²) in [6.45, 7) is 6.81. The van der Waals surface area contributed by atoms with E-state index in [-0.39, 0.29) is 0 Å². The molecule has 4 rings (SSSR count). The van der Waals surface area contributed by atoms with Gasteiger partial charge in [0.1, 0.15) is 5.01 Å². The summed E-state index contributed by atoms with van der Waals surface area (Å²) >= 11 is 1.74. The summed E-state index contributed by atoms with van der Waals surface area (Å²) in [6, 6.07) is 10.5. The van der Waals surface area contributed by atoms with Crippen LogP contribution in [0.15, 0.2) is 41.9 Å². The highest BCUT2D eigenvalue weighted by atomic mass is 32.1. The van der Waals surface area contributed by atoms with Gasteiger partial charge in [0.15, 0.2) is 0 Å². The summed E-state index contributed by atoms with van der Waals surface area (Å²) < 4.78 is 0. The predicted molar refractivity (Wildman–Crippen MR) is 115 cm³/mol. The molecule has 0 bridgehead atoms. The number of anilines is 1. The second-order valence-corrected chi connectivity index (χ2v) is 8.87. The summed E-state index contributed by atoms with van der Waals surface area (Å²) in [5.74, 6) is 1.04. The molecule has 1 aromatic heterocycles. The lowest BCUT2D eigenvalue weighted by Gasteiger charge is -2.36. The number of amides is 1. The zero-order valence-corrected chi connectivity index (χ0v) is 17.3. The van der Waals surface area contributed by atoms with E-state index in [1.54, 1.807) is 11.3 Å². The Hall–Kier alpha value is -1.92. The summed E-state index contributed by atoms with van der Waals surface area (Å²) in [5.41, 5.74) is 1.26. The Balaban J connectivity index is 1.15. The van der Waals surface area contributed by atoms with E-state index in [0.717, 1.165) is 52.2 Å². The highest BCUT2D eigenvalue weighted by Gasteiger charge is 2.24. The maximum atomic E-state index is 12.6. The van der Waals surface area contributed by atoms with Crippen LogP contribution in [0.1, 0.15) is 30.7 Å². The van der Waals surface area contributed by atoms with Crippen LogP contribution in [0.3, 0.4) is 0 Å². The average molecular weight is 399 g/mol. The highest BCUT2D eigenvalue weighted by molar-refractivity contribution is 7.09. The summed E-state index contributed by atoms with van der Waals surface area (Å²) in [5, 5.41) is 3.26. The molecule has 2 aliphatic heterocycles. The Kier molecular flexibility index (Phi) is 6.60. The molecule has 3 heterocycles. The van der Waals surface area contributed by atoms with Crippen LogP contribution in [-0.4, -0.2) is 60.0 Å². The highest BCUT2D eigenvalue weighted by Crippen LogP contribution is 2.24. The van der Waals surface area contributed by atoms with Crippen LogP contribution in [0.4, 0.5) is 5.69 Å². The lowest BCUT2D eigenvalue weighted by atomic mass is 9.92. The number of carbonyl (C=O) groups is 1. The monoisotopic (exact) mass is 398 g/mol. The number of nitrogens with zero attached hydrogens (tertiary/aromatic N) is 4. The van der Waals surface area contributed by atoms with Gasteiger partial charge < -0.3 is 9.80 Å². The molecule has 150 valence electrons. The van der Waals surface area contributed by atoms with E-state index in [1.807, 2.05) is 17.6 Å². The lowest BCUT2D eigenvalue weighted by molar-refractivity contribution is -0.131. The zero-order valence-electron chi connectivity index (χ0n) is 16.5. The fraction of sp³-hybridized carbons (Fsp3) is 0.545. The number of piperazine rings is 1. The number of hydrogen-bond acceptors (Lipinski definition) is 5. The maximum Gasteiger partial charge on any atom is 0.222 e. The first kappa shape index (κ1) is 19.4. The molecule has 5 nitrogen and oxygen atoms in total. The van der Waals surface area contributed by atoms with Gasteiger partial charge in [-0.15, -0.1) is 11.3 Å². The van der Waals surface area contributed by atoms with Gasteiger partial charge in [-0.1, -0.05) is 18.2 Å². The number of aromatic nitrogens is 1. The van der Waals surface area contributed by atoms with Gasteiger partial charge in [0.2, 0.25) is 5.91 Å². The molecule has 0 radical (unpaired) electrons. The SMILES string of the molecule is O=C(CCC1CCN(Cc2nccs2)CC1)N1CCN(c2ccccc2)CC1. The summed E-state index contributed by atoms with van der Waals surface area (Å²) in [6.07, 6.45) is 6.06. The van der Waals surface area contributed by atoms with Crippen LogP contribution in [0.5, 0.6) is 0 Å². The van der Waals surface area contributed by atoms with E-state index < -0.39 is 0 Å². The summed E-state index contributed by atoms with van der Waals surface area (Å²) in [7, 11) is 0. The largest absolute Gasteiger partial charge is 0.368 e. The first-order valence-corrected chi connectivity index (χ1v) is 11.3. The van der Waals surface area contributed by atoms with Crippen molar-refractivity contribution < 1.29 is 4.79 Å². The fourth-order valence-corrected chi connectivity index (χ4v) is 4.95. The topological polar surface area (TPSA) is 39.7 Å². The normalized spacial score (nSPS) is 19.1. The maximum absolute atomic E-state index is 12.6. The van der Waals surface area contributed by atoms with Gasteiger partial charge in [0, 0.05) is 49.9 Å². The number of likely N-dealkylation sites (tertiary alicyclic amines) is 1. The molecule has 6 heteroatoms. The summed E-state index contributed by atoms with van der Waals surface area (Å²) in [4.78, 5) is 24.0. The van der Waals surface area contributed by atoms with Crippen molar-refractivity contribution in [2.24, 2.45) is 5.92 Å². The number of thiazole rings is 1. The Morgan fingerprint density at radius 1 is 1.04 bits per heavy atom. The van der Waals surface area contributed by atoms with Gasteiger partial charge in [-0.3, -0.25) is 9.69 Å². The van der Waals surface area contributed by atoms with E-state index >= 15 is 0 Å². The van der Waals surface area contributed by atoms with Crippen molar-refractivity contribution in [1.29, 1.82) is 0 Å².